The molecule has 0 radical (unpaired) electrons. The number of aromatic hydroxyl groups is 1. The van der Waals surface area contributed by atoms with Gasteiger partial charge < -0.3 is 14.4 Å². The summed E-state index contributed by atoms with van der Waals surface area (Å²) in [5.41, 5.74) is 0.455. The topological polar surface area (TPSA) is 53.7 Å². The minimum absolute atomic E-state index is 0.0886. The summed E-state index contributed by atoms with van der Waals surface area (Å²) < 4.78 is 5.88. The quantitative estimate of drug-likeness (QED) is 0.747. The van der Waals surface area contributed by atoms with E-state index < -0.39 is 0 Å². The zero-order valence-corrected chi connectivity index (χ0v) is 12.1. The van der Waals surface area contributed by atoms with E-state index in [2.05, 4.69) is 0 Å². The van der Waals surface area contributed by atoms with Crippen molar-refractivity contribution in [1.29, 1.82) is 0 Å². The molecule has 21 heavy (non-hydrogen) atoms. The van der Waals surface area contributed by atoms with Crippen molar-refractivity contribution in [2.45, 2.75) is 13.8 Å². The van der Waals surface area contributed by atoms with Crippen molar-refractivity contribution < 1.29 is 9.52 Å². The van der Waals surface area contributed by atoms with E-state index in [4.69, 9.17) is 4.42 Å². The molecule has 0 atom stereocenters. The number of phenolic OH excluding ortho intramolecular Hbond substituents is 1. The van der Waals surface area contributed by atoms with Gasteiger partial charge in [0, 0.05) is 24.5 Å². The molecule has 0 bridgehead atoms. The molecule has 0 fully saturated rings. The van der Waals surface area contributed by atoms with Gasteiger partial charge >= 0.3 is 0 Å². The Morgan fingerprint density at radius 2 is 1.81 bits per heavy atom. The van der Waals surface area contributed by atoms with Gasteiger partial charge in [0.1, 0.15) is 11.3 Å². The Morgan fingerprint density at radius 1 is 1.10 bits per heavy atom. The lowest BCUT2D eigenvalue weighted by Crippen LogP contribution is -2.23. The zero-order valence-electron chi connectivity index (χ0n) is 12.1. The van der Waals surface area contributed by atoms with Gasteiger partial charge in [0.15, 0.2) is 11.3 Å². The van der Waals surface area contributed by atoms with Crippen molar-refractivity contribution in [3.8, 4) is 5.75 Å². The average molecular weight is 283 g/mol. The van der Waals surface area contributed by atoms with E-state index in [1.54, 1.807) is 18.2 Å². The molecule has 3 aromatic rings. The van der Waals surface area contributed by atoms with Gasteiger partial charge in [-0.25, -0.2) is 0 Å². The normalized spacial score (nSPS) is 11.1. The van der Waals surface area contributed by atoms with Crippen LogP contribution in [0.1, 0.15) is 13.8 Å². The Labute approximate surface area is 122 Å². The van der Waals surface area contributed by atoms with Crippen molar-refractivity contribution in [2.75, 3.05) is 18.0 Å². The maximum atomic E-state index is 12.5. The monoisotopic (exact) mass is 283 g/mol. The number of fused-ring (bicyclic) bond motifs is 3. The zero-order chi connectivity index (χ0) is 15.0. The van der Waals surface area contributed by atoms with Crippen LogP contribution in [0.15, 0.2) is 45.6 Å². The van der Waals surface area contributed by atoms with E-state index in [0.717, 1.165) is 18.5 Å². The van der Waals surface area contributed by atoms with Gasteiger partial charge in [0.05, 0.1) is 5.39 Å². The fraction of sp³-hybridized carbons (Fsp3) is 0.235. The standard InChI is InChI=1S/C17H17NO3/c1-3-18(4-2)16-10-14(20)17-13-9-12(19)7-5-11(13)6-8-15(17)21-16/h5-10,19H,3-4H2,1-2H3. The van der Waals surface area contributed by atoms with Crippen molar-refractivity contribution in [1.82, 2.24) is 0 Å². The third kappa shape index (κ3) is 2.23. The van der Waals surface area contributed by atoms with Gasteiger partial charge in [-0.3, -0.25) is 4.79 Å². The summed E-state index contributed by atoms with van der Waals surface area (Å²) in [5.74, 6) is 0.722. The third-order valence-corrected chi connectivity index (χ3v) is 3.76. The van der Waals surface area contributed by atoms with E-state index in [-0.39, 0.29) is 11.2 Å². The van der Waals surface area contributed by atoms with Crippen molar-refractivity contribution >= 4 is 27.6 Å². The Hall–Kier alpha value is -2.49. The molecule has 0 saturated carbocycles. The molecule has 0 amide bonds. The van der Waals surface area contributed by atoms with E-state index >= 15 is 0 Å². The van der Waals surface area contributed by atoms with E-state index in [1.807, 2.05) is 30.9 Å². The van der Waals surface area contributed by atoms with Gasteiger partial charge in [0.2, 0.25) is 0 Å². The molecular weight excluding hydrogens is 266 g/mol. The molecule has 1 heterocycles. The lowest BCUT2D eigenvalue weighted by molar-refractivity contribution is 0.476. The van der Waals surface area contributed by atoms with E-state index in [1.165, 1.54) is 6.07 Å². The first kappa shape index (κ1) is 13.5. The SMILES string of the molecule is CCN(CC)c1cc(=O)c2c(ccc3ccc(O)cc32)o1. The van der Waals surface area contributed by atoms with Crippen LogP contribution >= 0.6 is 0 Å². The molecule has 3 rings (SSSR count). The van der Waals surface area contributed by atoms with E-state index in [0.29, 0.717) is 22.2 Å². The van der Waals surface area contributed by atoms with Crippen LogP contribution in [0.2, 0.25) is 0 Å². The van der Waals surface area contributed by atoms with Gasteiger partial charge in [-0.1, -0.05) is 12.1 Å². The Bertz CT molecular complexity index is 863. The molecule has 2 aromatic carbocycles. The number of nitrogens with zero attached hydrogens (tertiary/aromatic N) is 1. The minimum Gasteiger partial charge on any atom is -0.508 e. The number of hydrogen-bond acceptors (Lipinski definition) is 4. The maximum absolute atomic E-state index is 12.5. The molecule has 0 aliphatic heterocycles. The maximum Gasteiger partial charge on any atom is 0.199 e. The van der Waals surface area contributed by atoms with Crippen LogP contribution < -0.4 is 10.3 Å². The second kappa shape index (κ2) is 5.13. The molecular formula is C17H17NO3. The molecule has 0 unspecified atom stereocenters. The number of rotatable bonds is 3. The summed E-state index contributed by atoms with van der Waals surface area (Å²) in [4.78, 5) is 14.5. The van der Waals surface area contributed by atoms with Crippen LogP contribution in [0.4, 0.5) is 5.88 Å². The molecule has 1 N–H and O–H groups in total. The number of hydrogen-bond donors (Lipinski definition) is 1. The molecule has 1 aromatic heterocycles. The lowest BCUT2D eigenvalue weighted by atomic mass is 10.1. The minimum atomic E-state index is -0.0886. The van der Waals surface area contributed by atoms with Crippen LogP contribution in [0.3, 0.4) is 0 Å². The highest BCUT2D eigenvalue weighted by Gasteiger charge is 2.12. The molecule has 4 heteroatoms. The van der Waals surface area contributed by atoms with Gasteiger partial charge in [0.25, 0.3) is 0 Å². The second-order valence-electron chi connectivity index (χ2n) is 4.97. The summed E-state index contributed by atoms with van der Waals surface area (Å²) in [6, 6.07) is 10.2. The summed E-state index contributed by atoms with van der Waals surface area (Å²) in [7, 11) is 0. The fourth-order valence-electron chi connectivity index (χ4n) is 2.64. The third-order valence-electron chi connectivity index (χ3n) is 3.76. The highest BCUT2D eigenvalue weighted by atomic mass is 16.4. The first-order valence-corrected chi connectivity index (χ1v) is 7.08. The second-order valence-corrected chi connectivity index (χ2v) is 4.97. The van der Waals surface area contributed by atoms with Crippen LogP contribution in [-0.2, 0) is 0 Å². The first-order valence-electron chi connectivity index (χ1n) is 7.08. The molecule has 0 aliphatic rings. The highest BCUT2D eigenvalue weighted by molar-refractivity contribution is 6.06. The Balaban J connectivity index is 2.35. The van der Waals surface area contributed by atoms with Crippen LogP contribution in [0.25, 0.3) is 21.7 Å². The van der Waals surface area contributed by atoms with Gasteiger partial charge in [-0.15, -0.1) is 0 Å². The number of phenols is 1. The van der Waals surface area contributed by atoms with Crippen LogP contribution in [0, 0.1) is 0 Å². The van der Waals surface area contributed by atoms with Crippen LogP contribution in [0.5, 0.6) is 5.75 Å². The Morgan fingerprint density at radius 3 is 2.52 bits per heavy atom. The van der Waals surface area contributed by atoms with Crippen LogP contribution in [-0.4, -0.2) is 18.2 Å². The smallest absolute Gasteiger partial charge is 0.199 e. The lowest BCUT2D eigenvalue weighted by Gasteiger charge is -2.19. The first-order chi connectivity index (χ1) is 10.1. The predicted octanol–water partition coefficient (Wildman–Crippen LogP) is 3.50. The van der Waals surface area contributed by atoms with E-state index in [9.17, 15) is 9.90 Å². The van der Waals surface area contributed by atoms with Crippen molar-refractivity contribution in [3.63, 3.8) is 0 Å². The average Bonchev–Trinajstić information content (AvgIpc) is 2.47. The molecule has 0 saturated heterocycles. The summed E-state index contributed by atoms with van der Waals surface area (Å²) in [5, 5.41) is 11.8. The molecule has 0 aliphatic carbocycles. The molecule has 108 valence electrons. The largest absolute Gasteiger partial charge is 0.508 e. The highest BCUT2D eigenvalue weighted by Crippen LogP contribution is 2.28. The number of anilines is 1. The van der Waals surface area contributed by atoms with Crippen molar-refractivity contribution in [3.05, 3.63) is 46.6 Å². The summed E-state index contributed by atoms with van der Waals surface area (Å²) >= 11 is 0. The molecule has 4 nitrogen and oxygen atoms in total. The van der Waals surface area contributed by atoms with Gasteiger partial charge in [-0.05, 0) is 37.4 Å². The Kier molecular flexibility index (Phi) is 3.29. The fourth-order valence-corrected chi connectivity index (χ4v) is 2.64. The predicted molar refractivity (Wildman–Crippen MR) is 85.2 cm³/mol. The molecule has 0 spiro atoms. The van der Waals surface area contributed by atoms with Gasteiger partial charge in [-0.2, -0.15) is 0 Å². The number of benzene rings is 2. The summed E-state index contributed by atoms with van der Waals surface area (Å²) in [6.45, 7) is 5.59. The van der Waals surface area contributed by atoms with Crippen molar-refractivity contribution in [2.24, 2.45) is 0 Å². The summed E-state index contributed by atoms with van der Waals surface area (Å²) in [6.07, 6.45) is 0.